The second-order valence-electron chi connectivity index (χ2n) is 8.94. The molecule has 222 valence electrons. The minimum absolute atomic E-state index is 0.218. The maximum atomic E-state index is 12.7. The highest BCUT2D eigenvalue weighted by Crippen LogP contribution is 2.31. The molecule has 0 atom stereocenters. The summed E-state index contributed by atoms with van der Waals surface area (Å²) in [6, 6.07) is 16.5. The Balaban J connectivity index is 1.44. The number of hydrazone groups is 1. The van der Waals surface area contributed by atoms with Crippen LogP contribution in [0.2, 0.25) is 5.02 Å². The molecule has 0 aliphatic carbocycles. The fraction of sp³-hybridized carbons (Fsp3) is 0.290. The van der Waals surface area contributed by atoms with Gasteiger partial charge < -0.3 is 24.3 Å². The Kier molecular flexibility index (Phi) is 12.7. The lowest BCUT2D eigenvalue weighted by molar-refractivity contribution is -0.121. The third kappa shape index (κ3) is 9.52. The van der Waals surface area contributed by atoms with E-state index >= 15 is 0 Å². The van der Waals surface area contributed by atoms with Crippen LogP contribution in [-0.2, 0) is 4.79 Å². The number of esters is 1. The van der Waals surface area contributed by atoms with Gasteiger partial charge in [0.1, 0.15) is 0 Å². The molecule has 0 saturated carbocycles. The molecule has 42 heavy (non-hydrogen) atoms. The van der Waals surface area contributed by atoms with Crippen LogP contribution in [0.25, 0.3) is 0 Å². The number of hydrogen-bond donors (Lipinski definition) is 2. The van der Waals surface area contributed by atoms with Crippen molar-refractivity contribution in [1.29, 1.82) is 0 Å². The number of halogens is 1. The first-order chi connectivity index (χ1) is 20.4. The van der Waals surface area contributed by atoms with Crippen molar-refractivity contribution >= 4 is 35.6 Å². The molecule has 3 aromatic carbocycles. The second-order valence-corrected chi connectivity index (χ2v) is 9.35. The maximum Gasteiger partial charge on any atom is 0.343 e. The first kappa shape index (κ1) is 32.0. The molecule has 2 N–H and O–H groups in total. The van der Waals surface area contributed by atoms with E-state index in [-0.39, 0.29) is 23.1 Å². The lowest BCUT2D eigenvalue weighted by Gasteiger charge is -2.12. The molecular weight excluding hydrogens is 562 g/mol. The highest BCUT2D eigenvalue weighted by molar-refractivity contribution is 6.33. The highest BCUT2D eigenvalue weighted by Gasteiger charge is 2.16. The topological polar surface area (TPSA) is 125 Å². The quantitative estimate of drug-likeness (QED) is 0.0790. The van der Waals surface area contributed by atoms with Crippen molar-refractivity contribution in [3.05, 3.63) is 82.4 Å². The third-order valence-corrected chi connectivity index (χ3v) is 6.31. The van der Waals surface area contributed by atoms with Gasteiger partial charge in [-0.2, -0.15) is 5.10 Å². The van der Waals surface area contributed by atoms with Crippen LogP contribution in [0.5, 0.6) is 23.0 Å². The summed E-state index contributed by atoms with van der Waals surface area (Å²) in [7, 11) is 2.99. The summed E-state index contributed by atoms with van der Waals surface area (Å²) in [6.45, 7) is 2.65. The number of carbonyl (C=O) groups is 3. The molecule has 0 heterocycles. The third-order valence-electron chi connectivity index (χ3n) is 5.98. The van der Waals surface area contributed by atoms with E-state index in [1.807, 2.05) is 6.92 Å². The molecule has 0 saturated heterocycles. The molecule has 0 spiro atoms. The Labute approximate surface area is 249 Å². The van der Waals surface area contributed by atoms with E-state index in [9.17, 15) is 14.4 Å². The van der Waals surface area contributed by atoms with E-state index in [1.165, 1.54) is 26.5 Å². The van der Waals surface area contributed by atoms with Gasteiger partial charge >= 0.3 is 5.97 Å². The van der Waals surface area contributed by atoms with Crippen molar-refractivity contribution in [2.24, 2.45) is 5.10 Å². The van der Waals surface area contributed by atoms with Crippen LogP contribution >= 0.6 is 11.6 Å². The van der Waals surface area contributed by atoms with E-state index < -0.39 is 5.97 Å². The number of amides is 2. The van der Waals surface area contributed by atoms with Gasteiger partial charge in [0.15, 0.2) is 23.0 Å². The summed E-state index contributed by atoms with van der Waals surface area (Å²) < 4.78 is 21.7. The van der Waals surface area contributed by atoms with Gasteiger partial charge in [0.25, 0.3) is 5.91 Å². The Morgan fingerprint density at radius 1 is 0.881 bits per heavy atom. The van der Waals surface area contributed by atoms with Crippen LogP contribution in [0.4, 0.5) is 0 Å². The molecule has 11 heteroatoms. The van der Waals surface area contributed by atoms with Gasteiger partial charge in [-0.25, -0.2) is 10.2 Å². The number of nitrogens with one attached hydrogen (secondary N) is 2. The van der Waals surface area contributed by atoms with Crippen LogP contribution < -0.4 is 29.7 Å². The van der Waals surface area contributed by atoms with Crippen LogP contribution in [-0.4, -0.2) is 51.4 Å². The molecule has 0 fully saturated rings. The van der Waals surface area contributed by atoms with E-state index in [0.717, 1.165) is 12.8 Å². The average Bonchev–Trinajstić information content (AvgIpc) is 2.99. The summed E-state index contributed by atoms with van der Waals surface area (Å²) in [6.07, 6.45) is 3.92. The summed E-state index contributed by atoms with van der Waals surface area (Å²) >= 11 is 6.03. The zero-order chi connectivity index (χ0) is 30.3. The largest absolute Gasteiger partial charge is 0.493 e. The molecular formula is C31H34ClN3O7. The van der Waals surface area contributed by atoms with Gasteiger partial charge in [-0.1, -0.05) is 30.2 Å². The van der Waals surface area contributed by atoms with Gasteiger partial charge in [-0.3, -0.25) is 9.59 Å². The SMILES string of the molecule is CCOc1cc(/C=N/NC(=O)CCCCCNC(=O)c2ccccc2Cl)ccc1OC(=O)c1ccc(OC)c(OC)c1. The summed E-state index contributed by atoms with van der Waals surface area (Å²) in [5.41, 5.74) is 3.87. The first-order valence-corrected chi connectivity index (χ1v) is 13.8. The standard InChI is InChI=1S/C31H34ClN3O7/c1-4-41-28-18-21(13-15-26(28)42-31(38)22-14-16-25(39-2)27(19-22)40-3)20-34-35-29(36)12-6-5-9-17-33-30(37)23-10-7-8-11-24(23)32/h7-8,10-11,13-16,18-20H,4-6,9,12,17H2,1-3H3,(H,33,37)(H,35,36)/b34-20+. The Morgan fingerprint density at radius 3 is 2.38 bits per heavy atom. The van der Waals surface area contributed by atoms with E-state index in [1.54, 1.807) is 54.6 Å². The van der Waals surface area contributed by atoms with Crippen LogP contribution in [0.1, 0.15) is 58.9 Å². The second kappa shape index (κ2) is 16.6. The van der Waals surface area contributed by atoms with Crippen molar-refractivity contribution < 1.29 is 33.3 Å². The fourth-order valence-corrected chi connectivity index (χ4v) is 4.07. The number of rotatable bonds is 15. The summed E-state index contributed by atoms with van der Waals surface area (Å²) in [5.74, 6) is 0.456. The van der Waals surface area contributed by atoms with E-state index in [2.05, 4.69) is 15.8 Å². The predicted molar refractivity (Wildman–Crippen MR) is 160 cm³/mol. The fourth-order valence-electron chi connectivity index (χ4n) is 3.84. The normalized spacial score (nSPS) is 10.7. The highest BCUT2D eigenvalue weighted by atomic mass is 35.5. The van der Waals surface area contributed by atoms with Crippen LogP contribution in [0.15, 0.2) is 65.8 Å². The lowest BCUT2D eigenvalue weighted by atomic mass is 10.1. The van der Waals surface area contributed by atoms with Crippen molar-refractivity contribution in [3.63, 3.8) is 0 Å². The minimum Gasteiger partial charge on any atom is -0.493 e. The minimum atomic E-state index is -0.589. The zero-order valence-electron chi connectivity index (χ0n) is 23.8. The molecule has 0 aromatic heterocycles. The molecule has 3 aromatic rings. The number of ether oxygens (including phenoxy) is 4. The van der Waals surface area contributed by atoms with Gasteiger partial charge in [-0.05, 0) is 73.9 Å². The maximum absolute atomic E-state index is 12.7. The predicted octanol–water partition coefficient (Wildman–Crippen LogP) is 5.42. The number of benzene rings is 3. The Hall–Kier alpha value is -4.57. The molecule has 0 aliphatic heterocycles. The van der Waals surface area contributed by atoms with Gasteiger partial charge in [0.2, 0.25) is 5.91 Å². The molecule has 0 unspecified atom stereocenters. The first-order valence-electron chi connectivity index (χ1n) is 13.4. The van der Waals surface area contributed by atoms with Crippen molar-refractivity contribution in [2.45, 2.75) is 32.6 Å². The number of nitrogens with zero attached hydrogens (tertiary/aromatic N) is 1. The molecule has 0 bridgehead atoms. The van der Waals surface area contributed by atoms with Crippen molar-refractivity contribution in [2.75, 3.05) is 27.4 Å². The molecule has 10 nitrogen and oxygen atoms in total. The monoisotopic (exact) mass is 595 g/mol. The van der Waals surface area contributed by atoms with Crippen molar-refractivity contribution in [3.8, 4) is 23.0 Å². The summed E-state index contributed by atoms with van der Waals surface area (Å²) in [5, 5.41) is 7.25. The average molecular weight is 596 g/mol. The van der Waals surface area contributed by atoms with Gasteiger partial charge in [-0.15, -0.1) is 0 Å². The number of methoxy groups -OCH3 is 2. The van der Waals surface area contributed by atoms with E-state index in [0.29, 0.717) is 59.4 Å². The van der Waals surface area contributed by atoms with Crippen LogP contribution in [0, 0.1) is 0 Å². The number of carbonyl (C=O) groups excluding carboxylic acids is 3. The number of hydrogen-bond acceptors (Lipinski definition) is 8. The molecule has 2 amide bonds. The van der Waals surface area contributed by atoms with Gasteiger partial charge in [0, 0.05) is 13.0 Å². The van der Waals surface area contributed by atoms with Gasteiger partial charge in [0.05, 0.1) is 43.2 Å². The smallest absolute Gasteiger partial charge is 0.343 e. The lowest BCUT2D eigenvalue weighted by Crippen LogP contribution is -2.24. The van der Waals surface area contributed by atoms with Crippen molar-refractivity contribution in [1.82, 2.24) is 10.7 Å². The molecule has 0 aliphatic rings. The summed E-state index contributed by atoms with van der Waals surface area (Å²) in [4.78, 5) is 37.1. The Bertz CT molecular complexity index is 1410. The van der Waals surface area contributed by atoms with Crippen LogP contribution in [0.3, 0.4) is 0 Å². The molecule has 3 rings (SSSR count). The molecule has 0 radical (unpaired) electrons. The van der Waals surface area contributed by atoms with E-state index in [4.69, 9.17) is 30.5 Å². The zero-order valence-corrected chi connectivity index (χ0v) is 24.5. The Morgan fingerprint density at radius 2 is 1.64 bits per heavy atom. The number of unbranched alkanes of at least 4 members (excludes halogenated alkanes) is 2.